The predicted molar refractivity (Wildman–Crippen MR) is 96.0 cm³/mol. The molecule has 0 unspecified atom stereocenters. The van der Waals surface area contributed by atoms with Gasteiger partial charge in [0, 0.05) is 27.7 Å². The number of hydrogen-bond acceptors (Lipinski definition) is 3. The number of amides is 1. The highest BCUT2D eigenvalue weighted by Gasteiger charge is 2.09. The van der Waals surface area contributed by atoms with E-state index in [1.165, 1.54) is 12.1 Å². The number of nitrogens with zero attached hydrogens (tertiary/aromatic N) is 1. The highest BCUT2D eigenvalue weighted by molar-refractivity contribution is 9.10. The number of hydrogen-bond donors (Lipinski definition) is 2. The van der Waals surface area contributed by atoms with Crippen molar-refractivity contribution in [2.24, 2.45) is 0 Å². The number of benzene rings is 2. The van der Waals surface area contributed by atoms with E-state index in [4.69, 9.17) is 0 Å². The third-order valence-electron chi connectivity index (χ3n) is 3.21. The molecule has 2 N–H and O–H groups in total. The lowest BCUT2D eigenvalue weighted by Gasteiger charge is -2.09. The van der Waals surface area contributed by atoms with Crippen molar-refractivity contribution in [1.29, 1.82) is 0 Å². The van der Waals surface area contributed by atoms with Crippen LogP contribution in [0.15, 0.2) is 71.3 Å². The van der Waals surface area contributed by atoms with Gasteiger partial charge in [-0.25, -0.2) is 4.39 Å². The molecule has 3 rings (SSSR count). The van der Waals surface area contributed by atoms with E-state index >= 15 is 0 Å². The lowest BCUT2D eigenvalue weighted by Crippen LogP contribution is -2.13. The number of halogens is 2. The molecule has 1 amide bonds. The quantitative estimate of drug-likeness (QED) is 0.665. The van der Waals surface area contributed by atoms with E-state index in [2.05, 4.69) is 31.5 Å². The molecule has 0 saturated heterocycles. The van der Waals surface area contributed by atoms with Crippen LogP contribution in [0.25, 0.3) is 0 Å². The summed E-state index contributed by atoms with van der Waals surface area (Å²) in [5.41, 5.74) is 2.37. The van der Waals surface area contributed by atoms with Gasteiger partial charge >= 0.3 is 0 Å². The predicted octanol–water partition coefficient (Wildman–Crippen LogP) is 4.98. The first-order valence-corrected chi connectivity index (χ1v) is 7.95. The molecule has 0 bridgehead atoms. The van der Waals surface area contributed by atoms with Gasteiger partial charge in [-0.1, -0.05) is 22.0 Å². The van der Waals surface area contributed by atoms with Crippen LogP contribution in [0.2, 0.25) is 0 Å². The van der Waals surface area contributed by atoms with Crippen LogP contribution in [0, 0.1) is 5.82 Å². The van der Waals surface area contributed by atoms with E-state index in [-0.39, 0.29) is 17.4 Å². The molecule has 1 aromatic heterocycles. The Morgan fingerprint density at radius 1 is 0.958 bits per heavy atom. The smallest absolute Gasteiger partial charge is 0.274 e. The van der Waals surface area contributed by atoms with Crippen molar-refractivity contribution in [3.8, 4) is 0 Å². The molecule has 0 aliphatic heterocycles. The zero-order valence-corrected chi connectivity index (χ0v) is 14.0. The van der Waals surface area contributed by atoms with Gasteiger partial charge in [0.15, 0.2) is 0 Å². The van der Waals surface area contributed by atoms with E-state index in [9.17, 15) is 9.18 Å². The average Bonchev–Trinajstić information content (AvgIpc) is 2.57. The van der Waals surface area contributed by atoms with Gasteiger partial charge in [0.25, 0.3) is 5.91 Å². The number of aromatic nitrogens is 1. The largest absolute Gasteiger partial charge is 0.355 e. The van der Waals surface area contributed by atoms with E-state index < -0.39 is 0 Å². The Morgan fingerprint density at radius 3 is 2.50 bits per heavy atom. The Labute approximate surface area is 146 Å². The number of pyridine rings is 1. The highest BCUT2D eigenvalue weighted by atomic mass is 79.9. The van der Waals surface area contributed by atoms with Crippen LogP contribution in [0.5, 0.6) is 0 Å². The molecule has 4 nitrogen and oxygen atoms in total. The van der Waals surface area contributed by atoms with Gasteiger partial charge in [0.1, 0.15) is 11.5 Å². The molecular weight excluding hydrogens is 373 g/mol. The van der Waals surface area contributed by atoms with Crippen LogP contribution in [-0.4, -0.2) is 10.9 Å². The molecule has 0 saturated carbocycles. The van der Waals surface area contributed by atoms with Gasteiger partial charge < -0.3 is 10.6 Å². The minimum atomic E-state index is -0.309. The Kier molecular flexibility index (Phi) is 4.86. The summed E-state index contributed by atoms with van der Waals surface area (Å²) in [4.78, 5) is 16.4. The number of anilines is 3. The van der Waals surface area contributed by atoms with Crippen molar-refractivity contribution in [3.63, 3.8) is 0 Å². The number of carbonyl (C=O) groups excluding carboxylic acids is 1. The molecule has 0 radical (unpaired) electrons. The van der Waals surface area contributed by atoms with Gasteiger partial charge in [-0.3, -0.25) is 9.78 Å². The van der Waals surface area contributed by atoms with Crippen LogP contribution >= 0.6 is 15.9 Å². The molecule has 24 heavy (non-hydrogen) atoms. The molecule has 2 aromatic carbocycles. The zero-order valence-electron chi connectivity index (χ0n) is 12.5. The molecule has 0 aliphatic rings. The molecule has 0 spiro atoms. The lowest BCUT2D eigenvalue weighted by molar-refractivity contribution is 0.102. The van der Waals surface area contributed by atoms with Crippen LogP contribution in [-0.2, 0) is 0 Å². The van der Waals surface area contributed by atoms with Crippen LogP contribution < -0.4 is 10.6 Å². The third-order valence-corrected chi connectivity index (χ3v) is 3.70. The van der Waals surface area contributed by atoms with Gasteiger partial charge in [0.05, 0.1) is 0 Å². The second kappa shape index (κ2) is 7.23. The van der Waals surface area contributed by atoms with E-state index in [1.807, 2.05) is 12.1 Å². The zero-order chi connectivity index (χ0) is 16.9. The molecule has 6 heteroatoms. The number of nitrogens with one attached hydrogen (secondary N) is 2. The maximum atomic E-state index is 12.9. The minimum absolute atomic E-state index is 0.280. The average molecular weight is 386 g/mol. The Hall–Kier alpha value is -2.73. The van der Waals surface area contributed by atoms with Crippen molar-refractivity contribution in [2.75, 3.05) is 10.6 Å². The Bertz CT molecular complexity index is 868. The second-order valence-corrected chi connectivity index (χ2v) is 5.94. The monoisotopic (exact) mass is 385 g/mol. The van der Waals surface area contributed by atoms with Crippen molar-refractivity contribution in [1.82, 2.24) is 4.98 Å². The van der Waals surface area contributed by atoms with Crippen molar-refractivity contribution in [3.05, 3.63) is 82.8 Å². The second-order valence-electron chi connectivity index (χ2n) is 5.03. The van der Waals surface area contributed by atoms with Gasteiger partial charge in [-0.15, -0.1) is 0 Å². The van der Waals surface area contributed by atoms with E-state index in [0.29, 0.717) is 11.4 Å². The molecular formula is C18H13BrFN3O. The van der Waals surface area contributed by atoms with Gasteiger partial charge in [-0.05, 0) is 54.6 Å². The summed E-state index contributed by atoms with van der Waals surface area (Å²) in [5.74, 6) is -0.611. The van der Waals surface area contributed by atoms with Gasteiger partial charge in [0.2, 0.25) is 0 Å². The van der Waals surface area contributed by atoms with Crippen molar-refractivity contribution < 1.29 is 9.18 Å². The molecule has 0 atom stereocenters. The number of carbonyl (C=O) groups is 1. The van der Waals surface area contributed by atoms with E-state index in [0.717, 1.165) is 10.2 Å². The fraction of sp³-hybridized carbons (Fsp3) is 0. The molecule has 120 valence electrons. The minimum Gasteiger partial charge on any atom is -0.355 e. The highest BCUT2D eigenvalue weighted by Crippen LogP contribution is 2.19. The Balaban J connectivity index is 1.74. The third kappa shape index (κ3) is 4.17. The standard InChI is InChI=1S/C18H13BrFN3O/c19-12-2-1-3-15(10-12)23-18(24)17-11-16(8-9-21-17)22-14-6-4-13(20)5-7-14/h1-11H,(H,21,22)(H,23,24). The van der Waals surface area contributed by atoms with Crippen molar-refractivity contribution >= 4 is 38.9 Å². The summed E-state index contributed by atoms with van der Waals surface area (Å²) in [6, 6.07) is 16.7. The molecule has 3 aromatic rings. The topological polar surface area (TPSA) is 54.0 Å². The fourth-order valence-corrected chi connectivity index (χ4v) is 2.49. The maximum absolute atomic E-state index is 12.9. The van der Waals surface area contributed by atoms with Crippen molar-refractivity contribution in [2.45, 2.75) is 0 Å². The molecule has 0 aliphatic carbocycles. The van der Waals surface area contributed by atoms with Crippen LogP contribution in [0.1, 0.15) is 10.5 Å². The van der Waals surface area contributed by atoms with Crippen LogP contribution in [0.3, 0.4) is 0 Å². The SMILES string of the molecule is O=C(Nc1cccc(Br)c1)c1cc(Nc2ccc(F)cc2)ccn1. The Morgan fingerprint density at radius 2 is 1.75 bits per heavy atom. The fourth-order valence-electron chi connectivity index (χ4n) is 2.09. The lowest BCUT2D eigenvalue weighted by atomic mass is 10.2. The van der Waals surface area contributed by atoms with Crippen LogP contribution in [0.4, 0.5) is 21.5 Å². The summed E-state index contributed by atoms with van der Waals surface area (Å²) in [6.45, 7) is 0. The number of rotatable bonds is 4. The first-order chi connectivity index (χ1) is 11.6. The first kappa shape index (κ1) is 16.1. The summed E-state index contributed by atoms with van der Waals surface area (Å²) >= 11 is 3.36. The summed E-state index contributed by atoms with van der Waals surface area (Å²) in [7, 11) is 0. The first-order valence-electron chi connectivity index (χ1n) is 7.16. The van der Waals surface area contributed by atoms with E-state index in [1.54, 1.807) is 42.6 Å². The molecule has 0 fully saturated rings. The van der Waals surface area contributed by atoms with Gasteiger partial charge in [-0.2, -0.15) is 0 Å². The normalized spacial score (nSPS) is 10.2. The summed E-state index contributed by atoms with van der Waals surface area (Å²) < 4.78 is 13.8. The summed E-state index contributed by atoms with van der Waals surface area (Å²) in [6.07, 6.45) is 1.54. The maximum Gasteiger partial charge on any atom is 0.274 e. The summed E-state index contributed by atoms with van der Waals surface area (Å²) in [5, 5.41) is 5.89. The molecule has 1 heterocycles.